The van der Waals surface area contributed by atoms with Crippen LogP contribution in [-0.2, 0) is 3.93 Å². The molecule has 0 aliphatic carbocycles. The number of carbonyl (C=O) groups excluding carboxylic acids is 1. The summed E-state index contributed by atoms with van der Waals surface area (Å²) < 4.78 is 41.8. The molecule has 1 aliphatic rings. The van der Waals surface area contributed by atoms with Crippen LogP contribution < -0.4 is 24.8 Å². The number of benzene rings is 2. The van der Waals surface area contributed by atoms with E-state index in [0.29, 0.717) is 30.4 Å². The molecule has 0 unspecified atom stereocenters. The SMILES string of the molecule is CNC(=O)c1ccccc1Oc1nc(Nc2ccc3c(c2)OCCO3)ncc1C(F)(F)I. The average Bonchev–Trinajstić information content (AvgIpc) is 2.78. The molecular formula is C21H17F2IN4O4. The lowest BCUT2D eigenvalue weighted by Crippen LogP contribution is -2.18. The number of aromatic nitrogens is 2. The van der Waals surface area contributed by atoms with Crippen LogP contribution >= 0.6 is 22.6 Å². The number of anilines is 2. The highest BCUT2D eigenvalue weighted by Crippen LogP contribution is 2.42. The first-order valence-electron chi connectivity index (χ1n) is 9.45. The van der Waals surface area contributed by atoms with Crippen molar-refractivity contribution in [1.29, 1.82) is 0 Å². The van der Waals surface area contributed by atoms with E-state index >= 15 is 0 Å². The van der Waals surface area contributed by atoms with Crippen LogP contribution in [0.3, 0.4) is 0 Å². The first kappa shape index (κ1) is 22.0. The Hall–Kier alpha value is -3.22. The molecule has 1 amide bonds. The summed E-state index contributed by atoms with van der Waals surface area (Å²) in [4.78, 5) is 20.2. The van der Waals surface area contributed by atoms with Crippen LogP contribution in [0.15, 0.2) is 48.7 Å². The molecule has 0 fully saturated rings. The van der Waals surface area contributed by atoms with Gasteiger partial charge in [0.25, 0.3) is 5.91 Å². The van der Waals surface area contributed by atoms with Crippen LogP contribution in [0, 0.1) is 0 Å². The second-order valence-corrected chi connectivity index (χ2v) is 7.93. The molecule has 2 N–H and O–H groups in total. The number of rotatable bonds is 6. The summed E-state index contributed by atoms with van der Waals surface area (Å²) in [5.74, 6) is 0.462. The molecule has 166 valence electrons. The number of nitrogens with zero attached hydrogens (tertiary/aromatic N) is 2. The summed E-state index contributed by atoms with van der Waals surface area (Å²) in [7, 11) is 1.46. The number of hydrogen-bond acceptors (Lipinski definition) is 7. The predicted molar refractivity (Wildman–Crippen MR) is 121 cm³/mol. The molecule has 0 atom stereocenters. The Bertz CT molecular complexity index is 1160. The number of nitrogens with one attached hydrogen (secondary N) is 2. The minimum absolute atomic E-state index is 0.0264. The number of amides is 1. The number of alkyl halides is 3. The van der Waals surface area contributed by atoms with Gasteiger partial charge in [0.1, 0.15) is 24.5 Å². The largest absolute Gasteiger partial charge is 0.486 e. The highest BCUT2D eigenvalue weighted by atomic mass is 127. The van der Waals surface area contributed by atoms with Gasteiger partial charge < -0.3 is 24.8 Å². The number of ether oxygens (including phenoxy) is 3. The van der Waals surface area contributed by atoms with E-state index in [1.165, 1.54) is 19.2 Å². The van der Waals surface area contributed by atoms with E-state index in [9.17, 15) is 13.6 Å². The number of halogens is 3. The summed E-state index contributed by atoms with van der Waals surface area (Å²) >= 11 is 0.976. The van der Waals surface area contributed by atoms with Crippen LogP contribution in [0.5, 0.6) is 23.1 Å². The maximum atomic E-state index is 14.2. The Morgan fingerprint density at radius 3 is 2.66 bits per heavy atom. The Kier molecular flexibility index (Phi) is 6.26. The predicted octanol–water partition coefficient (Wildman–Crippen LogP) is 4.63. The quantitative estimate of drug-likeness (QED) is 0.339. The molecule has 0 saturated carbocycles. The standard InChI is InChI=1S/C21H17F2IN4O4/c1-25-18(29)13-4-2-3-5-15(13)32-19-14(21(22,23)24)11-26-20(28-19)27-12-6-7-16-17(10-12)31-9-8-30-16/h2-7,10-11H,8-9H2,1H3,(H,25,29)(H,26,27,28). The van der Waals surface area contributed by atoms with E-state index in [0.717, 1.165) is 28.8 Å². The molecular weight excluding hydrogens is 537 g/mol. The van der Waals surface area contributed by atoms with Crippen LogP contribution in [0.1, 0.15) is 15.9 Å². The van der Waals surface area contributed by atoms with E-state index in [4.69, 9.17) is 14.2 Å². The molecule has 0 saturated heterocycles. The summed E-state index contributed by atoms with van der Waals surface area (Å²) in [6, 6.07) is 11.4. The summed E-state index contributed by atoms with van der Waals surface area (Å²) in [6.45, 7) is 0.891. The van der Waals surface area contributed by atoms with Crippen molar-refractivity contribution in [2.24, 2.45) is 0 Å². The lowest BCUT2D eigenvalue weighted by atomic mass is 10.2. The van der Waals surface area contributed by atoms with Crippen LogP contribution in [0.2, 0.25) is 0 Å². The fraction of sp³-hybridized carbons (Fsp3) is 0.190. The van der Waals surface area contributed by atoms with Gasteiger partial charge in [-0.05, 0) is 24.3 Å². The number of hydrogen-bond donors (Lipinski definition) is 2. The molecule has 1 aromatic heterocycles. The summed E-state index contributed by atoms with van der Waals surface area (Å²) in [5.41, 5.74) is 0.218. The van der Waals surface area contributed by atoms with Gasteiger partial charge in [-0.15, -0.1) is 0 Å². The molecule has 8 nitrogen and oxygen atoms in total. The third kappa shape index (κ3) is 4.82. The Labute approximate surface area is 195 Å². The average molecular weight is 554 g/mol. The van der Waals surface area contributed by atoms with E-state index in [-0.39, 0.29) is 23.1 Å². The van der Waals surface area contributed by atoms with Gasteiger partial charge >= 0.3 is 3.93 Å². The summed E-state index contributed by atoms with van der Waals surface area (Å²) in [6.07, 6.45) is 0.984. The monoisotopic (exact) mass is 554 g/mol. The molecule has 32 heavy (non-hydrogen) atoms. The van der Waals surface area contributed by atoms with Crippen molar-refractivity contribution in [2.45, 2.75) is 3.93 Å². The van der Waals surface area contributed by atoms with Crippen molar-refractivity contribution >= 4 is 40.1 Å². The first-order valence-corrected chi connectivity index (χ1v) is 10.5. The lowest BCUT2D eigenvalue weighted by Gasteiger charge is -2.19. The minimum Gasteiger partial charge on any atom is -0.486 e. The van der Waals surface area contributed by atoms with Gasteiger partial charge in [-0.3, -0.25) is 4.79 Å². The van der Waals surface area contributed by atoms with Gasteiger partial charge in [-0.1, -0.05) is 12.1 Å². The Morgan fingerprint density at radius 2 is 1.91 bits per heavy atom. The van der Waals surface area contributed by atoms with Gasteiger partial charge in [-0.25, -0.2) is 4.98 Å². The van der Waals surface area contributed by atoms with Crippen molar-refractivity contribution in [3.63, 3.8) is 0 Å². The van der Waals surface area contributed by atoms with Gasteiger partial charge in [0, 0.05) is 47.6 Å². The minimum atomic E-state index is -3.30. The Morgan fingerprint density at radius 1 is 1.16 bits per heavy atom. The zero-order valence-electron chi connectivity index (χ0n) is 16.7. The third-order valence-electron chi connectivity index (χ3n) is 4.42. The molecule has 4 rings (SSSR count). The van der Waals surface area contributed by atoms with E-state index < -0.39 is 15.4 Å². The molecule has 1 aliphatic heterocycles. The maximum absolute atomic E-state index is 14.2. The van der Waals surface area contributed by atoms with Crippen molar-refractivity contribution in [2.75, 3.05) is 25.6 Å². The summed E-state index contributed by atoms with van der Waals surface area (Å²) in [5, 5.41) is 5.43. The second kappa shape index (κ2) is 9.10. The van der Waals surface area contributed by atoms with Gasteiger partial charge in [0.15, 0.2) is 11.5 Å². The zero-order valence-corrected chi connectivity index (χ0v) is 18.9. The van der Waals surface area contributed by atoms with Crippen molar-refractivity contribution < 1.29 is 27.8 Å². The molecule has 2 heterocycles. The second-order valence-electron chi connectivity index (χ2n) is 6.57. The zero-order chi connectivity index (χ0) is 22.7. The van der Waals surface area contributed by atoms with Gasteiger partial charge in [-0.2, -0.15) is 13.8 Å². The fourth-order valence-electron chi connectivity index (χ4n) is 2.93. The smallest absolute Gasteiger partial charge is 0.328 e. The molecule has 0 bridgehead atoms. The van der Waals surface area contributed by atoms with E-state index in [2.05, 4.69) is 20.6 Å². The highest BCUT2D eigenvalue weighted by molar-refractivity contribution is 14.1. The van der Waals surface area contributed by atoms with Crippen molar-refractivity contribution in [1.82, 2.24) is 15.3 Å². The first-order chi connectivity index (χ1) is 15.3. The molecule has 0 spiro atoms. The maximum Gasteiger partial charge on any atom is 0.328 e. The molecule has 0 radical (unpaired) electrons. The normalized spacial score (nSPS) is 12.8. The van der Waals surface area contributed by atoms with E-state index in [1.807, 2.05) is 0 Å². The molecule has 3 aromatic rings. The van der Waals surface area contributed by atoms with Crippen LogP contribution in [0.4, 0.5) is 20.4 Å². The van der Waals surface area contributed by atoms with E-state index in [1.54, 1.807) is 30.3 Å². The molecule has 11 heteroatoms. The van der Waals surface area contributed by atoms with Gasteiger partial charge in [0.05, 0.1) is 5.56 Å². The van der Waals surface area contributed by atoms with Crippen LogP contribution in [-0.4, -0.2) is 36.1 Å². The van der Waals surface area contributed by atoms with Crippen molar-refractivity contribution in [3.05, 3.63) is 59.8 Å². The van der Waals surface area contributed by atoms with Crippen LogP contribution in [0.25, 0.3) is 0 Å². The Balaban J connectivity index is 1.67. The topological polar surface area (TPSA) is 94.6 Å². The fourth-order valence-corrected chi connectivity index (χ4v) is 3.30. The molecule has 2 aromatic carbocycles. The van der Waals surface area contributed by atoms with Crippen molar-refractivity contribution in [3.8, 4) is 23.1 Å². The number of para-hydroxylation sites is 1. The lowest BCUT2D eigenvalue weighted by molar-refractivity contribution is 0.0960. The number of carbonyl (C=O) groups is 1. The van der Waals surface area contributed by atoms with Gasteiger partial charge in [0.2, 0.25) is 11.8 Å². The third-order valence-corrected chi connectivity index (χ3v) is 5.00. The number of fused-ring (bicyclic) bond motifs is 1. The highest BCUT2D eigenvalue weighted by Gasteiger charge is 2.33.